The van der Waals surface area contributed by atoms with Crippen LogP contribution in [0.3, 0.4) is 0 Å². The second-order valence-electron chi connectivity index (χ2n) is 4.22. The molecule has 1 heterocycles. The topological polar surface area (TPSA) is 57.8 Å². The van der Waals surface area contributed by atoms with Crippen LogP contribution in [0.25, 0.3) is 0 Å². The zero-order valence-electron chi connectivity index (χ0n) is 9.39. The van der Waals surface area contributed by atoms with Crippen LogP contribution in [0, 0.1) is 6.92 Å². The van der Waals surface area contributed by atoms with E-state index in [2.05, 4.69) is 31.4 Å². The molecule has 0 aliphatic heterocycles. The van der Waals surface area contributed by atoms with Crippen molar-refractivity contribution in [2.75, 3.05) is 0 Å². The minimum Gasteiger partial charge on any atom is -0.345 e. The number of halogens is 1. The molecule has 84 valence electrons. The third-order valence-electron chi connectivity index (χ3n) is 2.49. The highest BCUT2D eigenvalue weighted by molar-refractivity contribution is 9.09. The maximum atomic E-state index is 11.8. The standard InChI is InChI=1S/C10H16BrN3O/c1-6-5-12-14-8(6)9(15)13-10(3,4)7(2)11/h5,7H,1-4H3,(H,12,14)(H,13,15). The highest BCUT2D eigenvalue weighted by Crippen LogP contribution is 2.17. The molecular formula is C10H16BrN3O. The summed E-state index contributed by atoms with van der Waals surface area (Å²) in [6.07, 6.45) is 1.64. The molecule has 0 spiro atoms. The molecule has 15 heavy (non-hydrogen) atoms. The first-order chi connectivity index (χ1) is 6.84. The number of aromatic nitrogens is 2. The number of rotatable bonds is 3. The number of aromatic amines is 1. The van der Waals surface area contributed by atoms with E-state index in [0.717, 1.165) is 5.56 Å². The van der Waals surface area contributed by atoms with Crippen molar-refractivity contribution in [2.24, 2.45) is 0 Å². The van der Waals surface area contributed by atoms with Gasteiger partial charge in [0.1, 0.15) is 5.69 Å². The summed E-state index contributed by atoms with van der Waals surface area (Å²) in [6, 6.07) is 0. The lowest BCUT2D eigenvalue weighted by Gasteiger charge is -2.29. The first kappa shape index (κ1) is 12.2. The Morgan fingerprint density at radius 1 is 1.67 bits per heavy atom. The number of hydrogen-bond acceptors (Lipinski definition) is 2. The van der Waals surface area contributed by atoms with Crippen LogP contribution in [-0.4, -0.2) is 26.5 Å². The van der Waals surface area contributed by atoms with Gasteiger partial charge in [-0.1, -0.05) is 22.9 Å². The quantitative estimate of drug-likeness (QED) is 0.828. The molecule has 1 amide bonds. The number of aryl methyl sites for hydroxylation is 1. The second kappa shape index (κ2) is 4.35. The average Bonchev–Trinajstić information content (AvgIpc) is 2.50. The van der Waals surface area contributed by atoms with Gasteiger partial charge in [-0.2, -0.15) is 5.10 Å². The SMILES string of the molecule is Cc1cn[nH]c1C(=O)NC(C)(C)C(C)Br. The fraction of sp³-hybridized carbons (Fsp3) is 0.600. The number of carbonyl (C=O) groups is 1. The zero-order valence-corrected chi connectivity index (χ0v) is 11.0. The third kappa shape index (κ3) is 2.81. The highest BCUT2D eigenvalue weighted by atomic mass is 79.9. The molecule has 1 aromatic rings. The second-order valence-corrected chi connectivity index (χ2v) is 5.59. The molecule has 0 bridgehead atoms. The lowest BCUT2D eigenvalue weighted by atomic mass is 10.0. The van der Waals surface area contributed by atoms with Crippen molar-refractivity contribution < 1.29 is 4.79 Å². The molecule has 0 saturated carbocycles. The summed E-state index contributed by atoms with van der Waals surface area (Å²) in [7, 11) is 0. The Labute approximate surface area is 98.0 Å². The number of carbonyl (C=O) groups excluding carboxylic acids is 1. The van der Waals surface area contributed by atoms with Gasteiger partial charge in [0, 0.05) is 10.4 Å². The Kier molecular flexibility index (Phi) is 3.54. The van der Waals surface area contributed by atoms with Gasteiger partial charge in [-0.25, -0.2) is 0 Å². The predicted molar refractivity (Wildman–Crippen MR) is 63.3 cm³/mol. The first-order valence-corrected chi connectivity index (χ1v) is 5.72. The number of alkyl halides is 1. The van der Waals surface area contributed by atoms with Gasteiger partial charge in [-0.05, 0) is 26.3 Å². The van der Waals surface area contributed by atoms with Crippen molar-refractivity contribution in [3.05, 3.63) is 17.5 Å². The minimum absolute atomic E-state index is 0.124. The molecule has 0 saturated heterocycles. The van der Waals surface area contributed by atoms with Crippen molar-refractivity contribution >= 4 is 21.8 Å². The van der Waals surface area contributed by atoms with Gasteiger partial charge in [0.05, 0.1) is 6.20 Å². The Morgan fingerprint density at radius 2 is 2.27 bits per heavy atom. The van der Waals surface area contributed by atoms with E-state index in [1.54, 1.807) is 6.20 Å². The van der Waals surface area contributed by atoms with Gasteiger partial charge in [-0.3, -0.25) is 9.89 Å². The maximum absolute atomic E-state index is 11.8. The molecule has 0 fully saturated rings. The number of H-pyrrole nitrogens is 1. The van der Waals surface area contributed by atoms with Crippen LogP contribution in [-0.2, 0) is 0 Å². The van der Waals surface area contributed by atoms with Crippen LogP contribution >= 0.6 is 15.9 Å². The van der Waals surface area contributed by atoms with Crippen molar-refractivity contribution in [2.45, 2.75) is 38.1 Å². The van der Waals surface area contributed by atoms with Crippen molar-refractivity contribution in [3.8, 4) is 0 Å². The van der Waals surface area contributed by atoms with E-state index in [4.69, 9.17) is 0 Å². The summed E-state index contributed by atoms with van der Waals surface area (Å²) >= 11 is 3.47. The number of hydrogen-bond donors (Lipinski definition) is 2. The van der Waals surface area contributed by atoms with Gasteiger partial charge < -0.3 is 5.32 Å². The summed E-state index contributed by atoms with van der Waals surface area (Å²) in [6.45, 7) is 7.79. The number of amides is 1. The molecule has 4 nitrogen and oxygen atoms in total. The van der Waals surface area contributed by atoms with Crippen LogP contribution in [0.4, 0.5) is 0 Å². The van der Waals surface area contributed by atoms with Crippen molar-refractivity contribution in [3.63, 3.8) is 0 Å². The summed E-state index contributed by atoms with van der Waals surface area (Å²) in [4.78, 5) is 12.0. The first-order valence-electron chi connectivity index (χ1n) is 4.81. The Balaban J connectivity index is 2.77. The van der Waals surface area contributed by atoms with Crippen molar-refractivity contribution in [1.29, 1.82) is 0 Å². The van der Waals surface area contributed by atoms with E-state index in [1.165, 1.54) is 0 Å². The van der Waals surface area contributed by atoms with E-state index in [1.807, 2.05) is 27.7 Å². The van der Waals surface area contributed by atoms with Crippen LogP contribution in [0.5, 0.6) is 0 Å². The predicted octanol–water partition coefficient (Wildman–Crippen LogP) is 2.01. The molecular weight excluding hydrogens is 258 g/mol. The van der Waals surface area contributed by atoms with Crippen LogP contribution < -0.4 is 5.32 Å². The molecule has 0 aromatic carbocycles. The fourth-order valence-electron chi connectivity index (χ4n) is 1.03. The van der Waals surface area contributed by atoms with E-state index < -0.39 is 0 Å². The number of nitrogens with one attached hydrogen (secondary N) is 2. The van der Waals surface area contributed by atoms with E-state index >= 15 is 0 Å². The molecule has 2 N–H and O–H groups in total. The van der Waals surface area contributed by atoms with Crippen molar-refractivity contribution in [1.82, 2.24) is 15.5 Å². The molecule has 0 radical (unpaired) electrons. The number of nitrogens with zero attached hydrogens (tertiary/aromatic N) is 1. The highest BCUT2D eigenvalue weighted by Gasteiger charge is 2.27. The normalized spacial score (nSPS) is 13.7. The van der Waals surface area contributed by atoms with Gasteiger partial charge in [-0.15, -0.1) is 0 Å². The van der Waals surface area contributed by atoms with Crippen LogP contribution in [0.2, 0.25) is 0 Å². The Morgan fingerprint density at radius 3 is 2.67 bits per heavy atom. The van der Waals surface area contributed by atoms with E-state index in [9.17, 15) is 4.79 Å². The van der Waals surface area contributed by atoms with Gasteiger partial charge in [0.25, 0.3) is 5.91 Å². The molecule has 1 rings (SSSR count). The van der Waals surface area contributed by atoms with Gasteiger partial charge in [0.15, 0.2) is 0 Å². The minimum atomic E-state index is -0.297. The zero-order chi connectivity index (χ0) is 11.6. The molecule has 0 aliphatic rings. The molecule has 1 unspecified atom stereocenters. The monoisotopic (exact) mass is 273 g/mol. The molecule has 1 atom stereocenters. The summed E-state index contributed by atoms with van der Waals surface area (Å²) in [5.41, 5.74) is 1.08. The van der Waals surface area contributed by atoms with Crippen LogP contribution in [0.1, 0.15) is 36.8 Å². The smallest absolute Gasteiger partial charge is 0.270 e. The molecule has 1 aromatic heterocycles. The van der Waals surface area contributed by atoms with E-state index in [0.29, 0.717) is 5.69 Å². The largest absolute Gasteiger partial charge is 0.345 e. The fourth-order valence-corrected chi connectivity index (χ4v) is 1.15. The van der Waals surface area contributed by atoms with Gasteiger partial charge >= 0.3 is 0 Å². The lowest BCUT2D eigenvalue weighted by Crippen LogP contribution is -2.49. The van der Waals surface area contributed by atoms with Crippen LogP contribution in [0.15, 0.2) is 6.20 Å². The third-order valence-corrected chi connectivity index (χ3v) is 3.63. The van der Waals surface area contributed by atoms with E-state index in [-0.39, 0.29) is 16.3 Å². The summed E-state index contributed by atoms with van der Waals surface area (Å²) in [5, 5.41) is 9.45. The average molecular weight is 274 g/mol. The summed E-state index contributed by atoms with van der Waals surface area (Å²) in [5.74, 6) is -0.124. The maximum Gasteiger partial charge on any atom is 0.270 e. The molecule has 5 heteroatoms. The summed E-state index contributed by atoms with van der Waals surface area (Å²) < 4.78 is 0. The molecule has 0 aliphatic carbocycles. The Hall–Kier alpha value is -0.840. The Bertz CT molecular complexity index is 357. The van der Waals surface area contributed by atoms with Gasteiger partial charge in [0.2, 0.25) is 0 Å². The lowest BCUT2D eigenvalue weighted by molar-refractivity contribution is 0.0908.